The zero-order chi connectivity index (χ0) is 26.1. The summed E-state index contributed by atoms with van der Waals surface area (Å²) in [5.74, 6) is -1.65. The van der Waals surface area contributed by atoms with Gasteiger partial charge in [0.05, 0.1) is 23.7 Å². The van der Waals surface area contributed by atoms with Gasteiger partial charge in [-0.2, -0.15) is 0 Å². The van der Waals surface area contributed by atoms with E-state index in [0.29, 0.717) is 49.1 Å². The Kier molecular flexibility index (Phi) is 5.66. The highest BCUT2D eigenvalue weighted by molar-refractivity contribution is 6.13. The molecule has 2 heterocycles. The quantitative estimate of drug-likeness (QED) is 0.482. The zero-order valence-corrected chi connectivity index (χ0v) is 21.5. The Balaban J connectivity index is 1.47. The summed E-state index contributed by atoms with van der Waals surface area (Å²) in [5.41, 5.74) is 2.62. The second-order valence-corrected chi connectivity index (χ2v) is 11.4. The Hall–Kier alpha value is -2.90. The number of ketones is 1. The number of aliphatic hydroxyl groups excluding tert-OH is 2. The van der Waals surface area contributed by atoms with Crippen LogP contribution < -0.4 is 0 Å². The molecule has 0 amide bonds. The van der Waals surface area contributed by atoms with E-state index < -0.39 is 40.5 Å². The zero-order valence-electron chi connectivity index (χ0n) is 21.5. The molecule has 1 aromatic carbocycles. The standard InChI is InChI=1S/C30H33NO6/c1-29-12-10-21-24(20(29)8-9-22(29)32)26(33)27(34)25-19(28(35)37-23(16-36-3)30(21,25)2)15-31-13-11-17-6-4-5-7-18(17)14-31/h4-7,15,20,22-23,32,34H,8-9,11-14,16H2,1-3H3/b19-15+/t20?,22-,23+,29-,30-/m0/s1. The first-order valence-corrected chi connectivity index (χ1v) is 13.1. The molecule has 3 aliphatic carbocycles. The van der Waals surface area contributed by atoms with Gasteiger partial charge >= 0.3 is 5.97 Å². The summed E-state index contributed by atoms with van der Waals surface area (Å²) in [6.45, 7) is 5.35. The monoisotopic (exact) mass is 503 g/mol. The number of cyclic esters (lactones) is 1. The number of hydrogen-bond acceptors (Lipinski definition) is 7. The summed E-state index contributed by atoms with van der Waals surface area (Å²) >= 11 is 0. The van der Waals surface area contributed by atoms with Crippen LogP contribution in [-0.4, -0.2) is 59.3 Å². The van der Waals surface area contributed by atoms with E-state index in [2.05, 4.69) is 18.6 Å². The number of rotatable bonds is 3. The predicted molar refractivity (Wildman–Crippen MR) is 135 cm³/mol. The molecule has 7 nitrogen and oxygen atoms in total. The average Bonchev–Trinajstić information content (AvgIpc) is 3.19. The molecule has 1 aromatic rings. The fourth-order valence-electron chi connectivity index (χ4n) is 7.25. The van der Waals surface area contributed by atoms with E-state index in [1.807, 2.05) is 30.9 Å². The molecular formula is C30H33NO6. The molecule has 5 atom stereocenters. The molecule has 2 radical (unpaired) electrons. The van der Waals surface area contributed by atoms with Gasteiger partial charge in [0.1, 0.15) is 6.10 Å². The molecule has 37 heavy (non-hydrogen) atoms. The van der Waals surface area contributed by atoms with Gasteiger partial charge in [-0.05, 0) is 55.2 Å². The van der Waals surface area contributed by atoms with E-state index in [4.69, 9.17) is 9.47 Å². The van der Waals surface area contributed by atoms with Crippen LogP contribution in [0.2, 0.25) is 0 Å². The van der Waals surface area contributed by atoms with Crippen molar-refractivity contribution in [2.24, 2.45) is 16.7 Å². The molecular weight excluding hydrogens is 470 g/mol. The van der Waals surface area contributed by atoms with E-state index in [1.54, 1.807) is 13.3 Å². The van der Waals surface area contributed by atoms with Crippen LogP contribution >= 0.6 is 0 Å². The Morgan fingerprint density at radius 1 is 1.22 bits per heavy atom. The van der Waals surface area contributed by atoms with Crippen molar-refractivity contribution < 1.29 is 29.3 Å². The van der Waals surface area contributed by atoms with Crippen molar-refractivity contribution in [1.29, 1.82) is 0 Å². The van der Waals surface area contributed by atoms with Crippen LogP contribution in [0.25, 0.3) is 0 Å². The highest BCUT2D eigenvalue weighted by Crippen LogP contribution is 2.62. The molecule has 1 unspecified atom stereocenters. The maximum absolute atomic E-state index is 13.8. The van der Waals surface area contributed by atoms with Crippen molar-refractivity contribution in [2.45, 2.75) is 58.3 Å². The lowest BCUT2D eigenvalue weighted by molar-refractivity contribution is -0.156. The fourth-order valence-corrected chi connectivity index (χ4v) is 7.25. The first-order chi connectivity index (χ1) is 17.7. The molecule has 0 bridgehead atoms. The Labute approximate surface area is 217 Å². The van der Waals surface area contributed by atoms with Crippen LogP contribution in [0.5, 0.6) is 0 Å². The maximum Gasteiger partial charge on any atom is 0.340 e. The summed E-state index contributed by atoms with van der Waals surface area (Å²) in [5, 5.41) is 22.2. The molecule has 2 fully saturated rings. The van der Waals surface area contributed by atoms with Crippen LogP contribution in [0.3, 0.4) is 0 Å². The van der Waals surface area contributed by atoms with Gasteiger partial charge in [0.2, 0.25) is 5.78 Å². The highest BCUT2D eigenvalue weighted by Gasteiger charge is 2.61. The lowest BCUT2D eigenvalue weighted by atomic mass is 9.54. The lowest BCUT2D eigenvalue weighted by Gasteiger charge is -2.52. The Morgan fingerprint density at radius 2 is 1.97 bits per heavy atom. The number of methoxy groups -OCH3 is 1. The van der Waals surface area contributed by atoms with Gasteiger partial charge in [-0.3, -0.25) is 4.79 Å². The lowest BCUT2D eigenvalue weighted by Crippen LogP contribution is -2.53. The third kappa shape index (κ3) is 3.40. The van der Waals surface area contributed by atoms with Gasteiger partial charge < -0.3 is 24.6 Å². The van der Waals surface area contributed by atoms with Crippen molar-refractivity contribution in [2.75, 3.05) is 20.3 Å². The molecule has 0 aromatic heterocycles. The van der Waals surface area contributed by atoms with Crippen molar-refractivity contribution in [3.63, 3.8) is 0 Å². The minimum Gasteiger partial charge on any atom is -0.504 e. The highest BCUT2D eigenvalue weighted by atomic mass is 16.6. The van der Waals surface area contributed by atoms with Gasteiger partial charge in [-0.15, -0.1) is 0 Å². The summed E-state index contributed by atoms with van der Waals surface area (Å²) in [7, 11) is 1.54. The number of nitrogens with zero attached hydrogens (tertiary/aromatic N) is 1. The number of Topliss-reactive ketones (excluding diaryl/α,β-unsaturated/α-hetero) is 1. The molecule has 2 aliphatic heterocycles. The number of carbonyl (C=O) groups is 2. The van der Waals surface area contributed by atoms with E-state index in [0.717, 1.165) is 6.42 Å². The van der Waals surface area contributed by atoms with Crippen LogP contribution in [0, 0.1) is 23.2 Å². The van der Waals surface area contributed by atoms with Crippen molar-refractivity contribution in [1.82, 2.24) is 4.90 Å². The summed E-state index contributed by atoms with van der Waals surface area (Å²) in [4.78, 5) is 29.2. The second-order valence-electron chi connectivity index (χ2n) is 11.4. The number of ether oxygens (including phenoxy) is 2. The van der Waals surface area contributed by atoms with Gasteiger partial charge in [0.25, 0.3) is 0 Å². The number of hydrogen-bond donors (Lipinski definition) is 2. The SMILES string of the molecule is COC[C@H]1OC(=O)/C(=C/N2CCc3ccccc3C2)C2=C(O)C(=O)C3=C([C]C[C@@]4(C)C3CC[C@@H]4O)[C@]21C. The van der Waals surface area contributed by atoms with Crippen LogP contribution in [0.15, 0.2) is 58.5 Å². The van der Waals surface area contributed by atoms with E-state index in [1.165, 1.54) is 11.1 Å². The number of fused-ring (bicyclic) bond motifs is 5. The molecule has 2 N–H and O–H groups in total. The summed E-state index contributed by atoms with van der Waals surface area (Å²) < 4.78 is 11.4. The Bertz CT molecular complexity index is 1280. The third-order valence-electron chi connectivity index (χ3n) is 9.46. The number of esters is 1. The minimum absolute atomic E-state index is 0.112. The largest absolute Gasteiger partial charge is 0.504 e. The molecule has 6 rings (SSSR count). The second kappa shape index (κ2) is 8.57. The van der Waals surface area contributed by atoms with Gasteiger partial charge in [-0.25, -0.2) is 4.79 Å². The third-order valence-corrected chi connectivity index (χ3v) is 9.46. The smallest absolute Gasteiger partial charge is 0.340 e. The number of aliphatic hydroxyl groups is 2. The number of allylic oxidation sites excluding steroid dienone is 1. The van der Waals surface area contributed by atoms with Gasteiger partial charge in [-0.1, -0.05) is 31.2 Å². The van der Waals surface area contributed by atoms with Gasteiger partial charge in [0, 0.05) is 49.4 Å². The maximum atomic E-state index is 13.8. The van der Waals surface area contributed by atoms with E-state index in [9.17, 15) is 19.8 Å². The topological polar surface area (TPSA) is 96.3 Å². The fraction of sp³-hybridized carbons (Fsp3) is 0.500. The first-order valence-electron chi connectivity index (χ1n) is 13.1. The number of carbonyl (C=O) groups excluding carboxylic acids is 2. The van der Waals surface area contributed by atoms with Crippen molar-refractivity contribution in [3.8, 4) is 0 Å². The van der Waals surface area contributed by atoms with Crippen LogP contribution in [0.1, 0.15) is 44.2 Å². The van der Waals surface area contributed by atoms with E-state index >= 15 is 0 Å². The minimum atomic E-state index is -1.01. The first kappa shape index (κ1) is 24.4. The molecule has 5 aliphatic rings. The Morgan fingerprint density at radius 3 is 2.73 bits per heavy atom. The molecule has 1 saturated carbocycles. The van der Waals surface area contributed by atoms with E-state index in [-0.39, 0.29) is 18.1 Å². The van der Waals surface area contributed by atoms with Crippen molar-refractivity contribution >= 4 is 11.8 Å². The van der Waals surface area contributed by atoms with Crippen LogP contribution in [0.4, 0.5) is 0 Å². The molecule has 194 valence electrons. The summed E-state index contributed by atoms with van der Waals surface area (Å²) in [6, 6.07) is 8.22. The molecule has 0 spiro atoms. The average molecular weight is 504 g/mol. The van der Waals surface area contributed by atoms with Crippen LogP contribution in [-0.2, 0) is 32.0 Å². The number of benzene rings is 1. The summed E-state index contributed by atoms with van der Waals surface area (Å²) in [6.07, 6.45) is 6.52. The molecule has 1 saturated heterocycles. The van der Waals surface area contributed by atoms with Crippen molar-refractivity contribution in [3.05, 3.63) is 76.1 Å². The van der Waals surface area contributed by atoms with Gasteiger partial charge in [0.15, 0.2) is 5.76 Å². The molecule has 7 heteroatoms. The predicted octanol–water partition coefficient (Wildman–Crippen LogP) is 3.46. The normalized spacial score (nSPS) is 36.3.